The van der Waals surface area contributed by atoms with Crippen LogP contribution >= 0.6 is 0 Å². The van der Waals surface area contributed by atoms with Crippen LogP contribution in [0.5, 0.6) is 0 Å². The molecule has 1 aliphatic carbocycles. The topological polar surface area (TPSA) is 68.1 Å². The third kappa shape index (κ3) is 4.94. The molecule has 1 saturated carbocycles. The van der Waals surface area contributed by atoms with Crippen molar-refractivity contribution in [2.45, 2.75) is 52.0 Å². The number of fused-ring (bicyclic) bond motifs is 2. The van der Waals surface area contributed by atoms with Crippen LogP contribution in [-0.2, 0) is 23.2 Å². The van der Waals surface area contributed by atoms with E-state index in [9.17, 15) is 9.59 Å². The molecule has 0 spiro atoms. The van der Waals surface area contributed by atoms with Crippen LogP contribution in [0.1, 0.15) is 56.6 Å². The van der Waals surface area contributed by atoms with Gasteiger partial charge in [0.2, 0.25) is 5.91 Å². The summed E-state index contributed by atoms with van der Waals surface area (Å²) in [7, 11) is 1.95. The van der Waals surface area contributed by atoms with Crippen LogP contribution < -0.4 is 4.90 Å². The van der Waals surface area contributed by atoms with Crippen molar-refractivity contribution in [1.29, 1.82) is 0 Å². The van der Waals surface area contributed by atoms with E-state index in [4.69, 9.17) is 0 Å². The van der Waals surface area contributed by atoms with Gasteiger partial charge in [-0.2, -0.15) is 5.10 Å². The number of anilines is 1. The highest BCUT2D eigenvalue weighted by molar-refractivity contribution is 6.00. The van der Waals surface area contributed by atoms with E-state index in [-0.39, 0.29) is 17.6 Å². The third-order valence-electron chi connectivity index (χ3n) is 7.25. The van der Waals surface area contributed by atoms with Crippen LogP contribution in [0.25, 0.3) is 27.8 Å². The number of rotatable bonds is 7. The minimum Gasteiger partial charge on any atom is -0.306 e. The summed E-state index contributed by atoms with van der Waals surface area (Å²) in [5.74, 6) is 0.243. The van der Waals surface area contributed by atoms with Gasteiger partial charge >= 0.3 is 0 Å². The van der Waals surface area contributed by atoms with Crippen LogP contribution in [0.2, 0.25) is 0 Å². The first-order valence-corrected chi connectivity index (χ1v) is 12.8. The summed E-state index contributed by atoms with van der Waals surface area (Å²) < 4.78 is 1.88. The number of amides is 1. The molecule has 0 radical (unpaired) electrons. The lowest BCUT2D eigenvalue weighted by Crippen LogP contribution is -2.37. The van der Waals surface area contributed by atoms with Gasteiger partial charge in [-0.1, -0.05) is 44.4 Å². The third-order valence-corrected chi connectivity index (χ3v) is 7.25. The average Bonchev–Trinajstić information content (AvgIpc) is 3.28. The Bertz CT molecular complexity index is 1450. The number of carbonyl (C=O) groups is 2. The smallest absolute Gasteiger partial charge is 0.230 e. The molecule has 6 heteroatoms. The Morgan fingerprint density at radius 2 is 1.89 bits per heavy atom. The van der Waals surface area contributed by atoms with Gasteiger partial charge in [-0.15, -0.1) is 0 Å². The standard InChI is InChI=1S/C30H32N4O2/c1-3-27(35)13-12-21-14-26(19-31-17-21)34(30(36)22-8-5-4-6-9-22)20-24-11-7-10-23-15-25-18-32-33(2)29(25)16-28(23)24/h7,10-19,22H,3-6,8-9,20H2,1-2H3/b13-12+. The van der Waals surface area contributed by atoms with E-state index in [0.29, 0.717) is 13.0 Å². The Morgan fingerprint density at radius 3 is 2.69 bits per heavy atom. The van der Waals surface area contributed by atoms with Crippen molar-refractivity contribution >= 4 is 45.1 Å². The molecule has 2 heterocycles. The molecular formula is C30H32N4O2. The lowest BCUT2D eigenvalue weighted by molar-refractivity contribution is -0.123. The van der Waals surface area contributed by atoms with Crippen molar-refractivity contribution < 1.29 is 9.59 Å². The molecule has 4 aromatic rings. The van der Waals surface area contributed by atoms with Crippen molar-refractivity contribution in [2.75, 3.05) is 4.90 Å². The van der Waals surface area contributed by atoms with E-state index in [1.165, 1.54) is 6.42 Å². The maximum atomic E-state index is 13.9. The molecule has 0 saturated heterocycles. The molecule has 2 aromatic heterocycles. The van der Waals surface area contributed by atoms with Gasteiger partial charge in [0.1, 0.15) is 0 Å². The highest BCUT2D eigenvalue weighted by atomic mass is 16.2. The van der Waals surface area contributed by atoms with E-state index < -0.39 is 0 Å². The van der Waals surface area contributed by atoms with E-state index in [2.05, 4.69) is 40.4 Å². The molecule has 0 atom stereocenters. The Balaban J connectivity index is 1.55. The highest BCUT2D eigenvalue weighted by Gasteiger charge is 2.28. The van der Waals surface area contributed by atoms with Gasteiger partial charge in [0.25, 0.3) is 0 Å². The van der Waals surface area contributed by atoms with Crippen LogP contribution in [0.4, 0.5) is 5.69 Å². The summed E-state index contributed by atoms with van der Waals surface area (Å²) in [6, 6.07) is 12.5. The normalized spacial score (nSPS) is 14.6. The number of benzene rings is 2. The zero-order chi connectivity index (χ0) is 25.1. The van der Waals surface area contributed by atoms with Crippen LogP contribution in [0.3, 0.4) is 0 Å². The average molecular weight is 481 g/mol. The maximum absolute atomic E-state index is 13.9. The predicted octanol–water partition coefficient (Wildman–Crippen LogP) is 6.23. The van der Waals surface area contributed by atoms with E-state index in [1.54, 1.807) is 24.5 Å². The number of hydrogen-bond donors (Lipinski definition) is 0. The first kappa shape index (κ1) is 23.9. The number of aromatic nitrogens is 3. The molecule has 2 aromatic carbocycles. The minimum absolute atomic E-state index is 0.0263. The van der Waals surface area contributed by atoms with Gasteiger partial charge in [-0.25, -0.2) is 0 Å². The molecule has 0 aliphatic heterocycles. The predicted molar refractivity (Wildman–Crippen MR) is 145 cm³/mol. The Hall–Kier alpha value is -3.80. The first-order chi connectivity index (χ1) is 17.5. The number of allylic oxidation sites excluding steroid dienone is 1. The zero-order valence-electron chi connectivity index (χ0n) is 21.0. The van der Waals surface area contributed by atoms with Crippen LogP contribution in [-0.4, -0.2) is 26.5 Å². The van der Waals surface area contributed by atoms with E-state index >= 15 is 0 Å². The Morgan fingerprint density at radius 1 is 1.06 bits per heavy atom. The summed E-state index contributed by atoms with van der Waals surface area (Å²) in [6.07, 6.45) is 14.4. The quantitative estimate of drug-likeness (QED) is 0.294. The largest absolute Gasteiger partial charge is 0.306 e. The fraction of sp³-hybridized carbons (Fsp3) is 0.333. The van der Waals surface area contributed by atoms with Crippen LogP contribution in [0, 0.1) is 5.92 Å². The molecule has 184 valence electrons. The number of nitrogens with zero attached hydrogens (tertiary/aromatic N) is 4. The molecule has 0 N–H and O–H groups in total. The molecule has 5 rings (SSSR count). The summed E-state index contributed by atoms with van der Waals surface area (Å²) in [5.41, 5.74) is 3.72. The summed E-state index contributed by atoms with van der Waals surface area (Å²) in [5, 5.41) is 7.75. The lowest BCUT2D eigenvalue weighted by atomic mass is 9.88. The molecule has 6 nitrogen and oxygen atoms in total. The second-order valence-electron chi connectivity index (χ2n) is 9.71. The number of carbonyl (C=O) groups excluding carboxylic acids is 2. The second kappa shape index (κ2) is 10.4. The fourth-order valence-corrected chi connectivity index (χ4v) is 5.16. The number of pyridine rings is 1. The number of hydrogen-bond acceptors (Lipinski definition) is 4. The van der Waals surface area contributed by atoms with E-state index in [0.717, 1.165) is 64.2 Å². The zero-order valence-corrected chi connectivity index (χ0v) is 21.0. The van der Waals surface area contributed by atoms with Gasteiger partial charge < -0.3 is 4.90 Å². The first-order valence-electron chi connectivity index (χ1n) is 12.8. The van der Waals surface area contributed by atoms with Gasteiger partial charge in [0.15, 0.2) is 5.78 Å². The SMILES string of the molecule is CCC(=O)/C=C/c1cncc(N(Cc2cccc3cc4cnn(C)c4cc23)C(=O)C2CCCCC2)c1. The molecule has 36 heavy (non-hydrogen) atoms. The molecule has 1 amide bonds. The van der Waals surface area contributed by atoms with Crippen molar-refractivity contribution in [3.05, 3.63) is 72.2 Å². The lowest BCUT2D eigenvalue weighted by Gasteiger charge is -2.30. The maximum Gasteiger partial charge on any atom is 0.230 e. The van der Waals surface area contributed by atoms with Crippen molar-refractivity contribution in [3.8, 4) is 0 Å². The van der Waals surface area contributed by atoms with Crippen molar-refractivity contribution in [3.63, 3.8) is 0 Å². The fourth-order valence-electron chi connectivity index (χ4n) is 5.16. The number of aryl methyl sites for hydroxylation is 1. The van der Waals surface area contributed by atoms with Gasteiger partial charge in [0.05, 0.1) is 30.1 Å². The van der Waals surface area contributed by atoms with Crippen LogP contribution in [0.15, 0.2) is 61.1 Å². The molecule has 0 unspecified atom stereocenters. The summed E-state index contributed by atoms with van der Waals surface area (Å²) >= 11 is 0. The van der Waals surface area contributed by atoms with Crippen molar-refractivity contribution in [2.24, 2.45) is 13.0 Å². The highest BCUT2D eigenvalue weighted by Crippen LogP contribution is 2.31. The molecule has 1 aliphatic rings. The number of ketones is 1. The Labute approximate surface area is 211 Å². The van der Waals surface area contributed by atoms with Crippen molar-refractivity contribution in [1.82, 2.24) is 14.8 Å². The monoisotopic (exact) mass is 480 g/mol. The van der Waals surface area contributed by atoms with E-state index in [1.807, 2.05) is 35.8 Å². The Kier molecular flexibility index (Phi) is 6.94. The van der Waals surface area contributed by atoms with Gasteiger partial charge in [-0.05, 0) is 65.1 Å². The summed E-state index contributed by atoms with van der Waals surface area (Å²) in [6.45, 7) is 2.30. The molecule has 1 fully saturated rings. The van der Waals surface area contributed by atoms with Gasteiger partial charge in [0, 0.05) is 31.0 Å². The minimum atomic E-state index is 0.0263. The second-order valence-corrected chi connectivity index (χ2v) is 9.71. The molecular weight excluding hydrogens is 448 g/mol. The van der Waals surface area contributed by atoms with Gasteiger partial charge in [-0.3, -0.25) is 19.3 Å². The molecule has 0 bridgehead atoms. The summed E-state index contributed by atoms with van der Waals surface area (Å²) in [4.78, 5) is 32.0.